The molecule has 0 radical (unpaired) electrons. The molecule has 0 unspecified atom stereocenters. The van der Waals surface area contributed by atoms with Crippen molar-refractivity contribution in [1.29, 1.82) is 0 Å². The van der Waals surface area contributed by atoms with E-state index >= 15 is 0 Å². The van der Waals surface area contributed by atoms with Gasteiger partial charge in [-0.25, -0.2) is 4.79 Å². The van der Waals surface area contributed by atoms with Crippen LogP contribution in [-0.2, 0) is 11.2 Å². The van der Waals surface area contributed by atoms with Crippen molar-refractivity contribution < 1.29 is 14.3 Å². The summed E-state index contributed by atoms with van der Waals surface area (Å²) >= 11 is 0. The summed E-state index contributed by atoms with van der Waals surface area (Å²) in [5, 5.41) is 7.41. The maximum Gasteiger partial charge on any atom is 0.338 e. The number of pyridine rings is 2. The van der Waals surface area contributed by atoms with E-state index in [1.54, 1.807) is 19.2 Å². The summed E-state index contributed by atoms with van der Waals surface area (Å²) in [5.74, 6) is -0.481. The van der Waals surface area contributed by atoms with Crippen molar-refractivity contribution in [3.05, 3.63) is 108 Å². The van der Waals surface area contributed by atoms with Gasteiger partial charge in [-0.2, -0.15) is 0 Å². The van der Waals surface area contributed by atoms with E-state index in [1.165, 1.54) is 0 Å². The molecule has 2 N–H and O–H groups in total. The van der Waals surface area contributed by atoms with Gasteiger partial charge in [0.1, 0.15) is 0 Å². The van der Waals surface area contributed by atoms with Gasteiger partial charge in [0, 0.05) is 35.8 Å². The first-order valence-electron chi connectivity index (χ1n) is 12.9. The average molecular weight is 515 g/mol. The van der Waals surface area contributed by atoms with E-state index in [1.807, 2.05) is 78.9 Å². The topological polar surface area (TPSA) is 93.2 Å². The Labute approximate surface area is 225 Å². The molecule has 0 saturated heterocycles. The van der Waals surface area contributed by atoms with Crippen LogP contribution in [0.2, 0.25) is 0 Å². The normalized spacial score (nSPS) is 12.5. The standard InChI is InChI=1S/C32H26N4O3/c1-2-39-32(38)23-10-4-8-21(18-23)20-7-3-9-22(17-20)28-19-29(30-27(36-28)14-16-34-31(30)37)35-26-13-5-12-25-24(26)11-6-15-33-25/h3-13,15,17-19H,2,14,16H2,1H3,(H,34,37)(H,35,36). The lowest BCUT2D eigenvalue weighted by molar-refractivity contribution is 0.0526. The Kier molecular flexibility index (Phi) is 6.47. The number of esters is 1. The van der Waals surface area contributed by atoms with Crippen molar-refractivity contribution >= 4 is 34.2 Å². The molecular weight excluding hydrogens is 488 g/mol. The Morgan fingerprint density at radius 3 is 2.59 bits per heavy atom. The highest BCUT2D eigenvalue weighted by Gasteiger charge is 2.24. The number of benzene rings is 3. The van der Waals surface area contributed by atoms with Gasteiger partial charge in [0.2, 0.25) is 0 Å². The summed E-state index contributed by atoms with van der Waals surface area (Å²) in [6.45, 7) is 2.66. The van der Waals surface area contributed by atoms with Gasteiger partial charge in [0.25, 0.3) is 5.91 Å². The fourth-order valence-electron chi connectivity index (χ4n) is 4.92. The van der Waals surface area contributed by atoms with E-state index in [0.29, 0.717) is 36.4 Å². The van der Waals surface area contributed by atoms with Crippen LogP contribution in [-0.4, -0.2) is 35.0 Å². The summed E-state index contributed by atoms with van der Waals surface area (Å²) in [5.41, 5.74) is 7.77. The van der Waals surface area contributed by atoms with Gasteiger partial charge in [-0.15, -0.1) is 0 Å². The van der Waals surface area contributed by atoms with Crippen LogP contribution < -0.4 is 10.6 Å². The van der Waals surface area contributed by atoms with Crippen LogP contribution >= 0.6 is 0 Å². The van der Waals surface area contributed by atoms with Crippen molar-refractivity contribution in [3.8, 4) is 22.4 Å². The third kappa shape index (κ3) is 4.82. The maximum atomic E-state index is 12.9. The van der Waals surface area contributed by atoms with Gasteiger partial charge < -0.3 is 15.4 Å². The zero-order valence-corrected chi connectivity index (χ0v) is 21.4. The van der Waals surface area contributed by atoms with Crippen molar-refractivity contribution in [1.82, 2.24) is 15.3 Å². The van der Waals surface area contributed by atoms with E-state index in [2.05, 4.69) is 15.6 Å². The molecule has 0 atom stereocenters. The quantitative estimate of drug-likeness (QED) is 0.263. The first-order chi connectivity index (χ1) is 19.1. The molecule has 0 fully saturated rings. The number of carbonyl (C=O) groups excluding carboxylic acids is 2. The van der Waals surface area contributed by atoms with E-state index in [4.69, 9.17) is 9.72 Å². The van der Waals surface area contributed by atoms with E-state index in [-0.39, 0.29) is 11.9 Å². The van der Waals surface area contributed by atoms with Crippen LogP contribution in [0.25, 0.3) is 33.3 Å². The van der Waals surface area contributed by atoms with Crippen molar-refractivity contribution in [2.45, 2.75) is 13.3 Å². The first kappa shape index (κ1) is 24.3. The molecule has 7 heteroatoms. The van der Waals surface area contributed by atoms with Gasteiger partial charge in [0.05, 0.1) is 40.3 Å². The monoisotopic (exact) mass is 514 g/mol. The molecule has 0 spiro atoms. The molecule has 192 valence electrons. The van der Waals surface area contributed by atoms with Crippen LogP contribution in [0.1, 0.15) is 33.3 Å². The SMILES string of the molecule is CCOC(=O)c1cccc(-c2cccc(-c3cc(Nc4cccc5ncccc45)c4c(n3)CCNC4=O)c2)c1. The van der Waals surface area contributed by atoms with Gasteiger partial charge >= 0.3 is 5.97 Å². The van der Waals surface area contributed by atoms with Crippen molar-refractivity contribution in [3.63, 3.8) is 0 Å². The number of fused-ring (bicyclic) bond motifs is 2. The first-order valence-corrected chi connectivity index (χ1v) is 12.9. The Bertz CT molecular complexity index is 1730. The minimum atomic E-state index is -0.343. The lowest BCUT2D eigenvalue weighted by Gasteiger charge is -2.21. The third-order valence-electron chi connectivity index (χ3n) is 6.75. The van der Waals surface area contributed by atoms with E-state index < -0.39 is 0 Å². The van der Waals surface area contributed by atoms with Crippen molar-refractivity contribution in [2.75, 3.05) is 18.5 Å². The third-order valence-corrected chi connectivity index (χ3v) is 6.75. The predicted octanol–water partition coefficient (Wildman–Crippen LogP) is 6.17. The number of hydrogen-bond acceptors (Lipinski definition) is 6. The molecule has 0 saturated carbocycles. The van der Waals surface area contributed by atoms with Crippen LogP contribution in [0.15, 0.2) is 91.1 Å². The van der Waals surface area contributed by atoms with Crippen LogP contribution in [0.5, 0.6) is 0 Å². The summed E-state index contributed by atoms with van der Waals surface area (Å²) in [4.78, 5) is 34.6. The van der Waals surface area contributed by atoms with Gasteiger partial charge in [-0.3, -0.25) is 14.8 Å². The molecule has 5 aromatic rings. The molecule has 3 aromatic carbocycles. The molecule has 39 heavy (non-hydrogen) atoms. The summed E-state index contributed by atoms with van der Waals surface area (Å²) in [6.07, 6.45) is 2.41. The number of ether oxygens (including phenoxy) is 1. The zero-order chi connectivity index (χ0) is 26.8. The predicted molar refractivity (Wildman–Crippen MR) is 152 cm³/mol. The number of anilines is 2. The molecular formula is C32H26N4O3. The highest BCUT2D eigenvalue weighted by atomic mass is 16.5. The number of rotatable bonds is 6. The fourth-order valence-corrected chi connectivity index (χ4v) is 4.92. The molecule has 0 bridgehead atoms. The average Bonchev–Trinajstić information content (AvgIpc) is 2.97. The molecule has 1 aliphatic rings. The highest BCUT2D eigenvalue weighted by molar-refractivity contribution is 6.04. The maximum absolute atomic E-state index is 12.9. The van der Waals surface area contributed by atoms with Crippen LogP contribution in [0.3, 0.4) is 0 Å². The molecule has 2 aromatic heterocycles. The largest absolute Gasteiger partial charge is 0.462 e. The van der Waals surface area contributed by atoms with Crippen LogP contribution in [0.4, 0.5) is 11.4 Å². The summed E-state index contributed by atoms with van der Waals surface area (Å²) in [7, 11) is 0. The number of carbonyl (C=O) groups is 2. The second kappa shape index (κ2) is 10.4. The van der Waals surface area contributed by atoms with E-state index in [0.717, 1.165) is 44.7 Å². The summed E-state index contributed by atoms with van der Waals surface area (Å²) in [6, 6.07) is 27.1. The number of nitrogens with one attached hydrogen (secondary N) is 2. The van der Waals surface area contributed by atoms with E-state index in [9.17, 15) is 9.59 Å². The smallest absolute Gasteiger partial charge is 0.338 e. The molecule has 1 amide bonds. The molecule has 6 rings (SSSR count). The lowest BCUT2D eigenvalue weighted by Crippen LogP contribution is -2.33. The number of nitrogens with zero attached hydrogens (tertiary/aromatic N) is 2. The Balaban J connectivity index is 1.43. The molecule has 7 nitrogen and oxygen atoms in total. The molecule has 0 aliphatic carbocycles. The molecule has 1 aliphatic heterocycles. The molecule has 3 heterocycles. The lowest BCUT2D eigenvalue weighted by atomic mass is 9.97. The van der Waals surface area contributed by atoms with Crippen LogP contribution in [0, 0.1) is 0 Å². The van der Waals surface area contributed by atoms with Crippen molar-refractivity contribution in [2.24, 2.45) is 0 Å². The highest BCUT2D eigenvalue weighted by Crippen LogP contribution is 2.34. The fraction of sp³-hybridized carbons (Fsp3) is 0.125. The van der Waals surface area contributed by atoms with Gasteiger partial charge in [-0.05, 0) is 66.6 Å². The Morgan fingerprint density at radius 2 is 1.72 bits per heavy atom. The number of aromatic nitrogens is 2. The van der Waals surface area contributed by atoms with Gasteiger partial charge in [0.15, 0.2) is 0 Å². The number of amides is 1. The summed E-state index contributed by atoms with van der Waals surface area (Å²) < 4.78 is 5.17. The second-order valence-electron chi connectivity index (χ2n) is 9.27. The Morgan fingerprint density at radius 1 is 0.923 bits per heavy atom. The second-order valence-corrected chi connectivity index (χ2v) is 9.27. The minimum absolute atomic E-state index is 0.138. The minimum Gasteiger partial charge on any atom is -0.462 e. The Hall–Kier alpha value is -5.04. The zero-order valence-electron chi connectivity index (χ0n) is 21.4. The van der Waals surface area contributed by atoms with Gasteiger partial charge in [-0.1, -0.05) is 36.4 Å². The number of hydrogen-bond donors (Lipinski definition) is 2.